The summed E-state index contributed by atoms with van der Waals surface area (Å²) in [6.07, 6.45) is -2.96. The molecule has 4 rings (SSSR count). The van der Waals surface area contributed by atoms with Crippen LogP contribution < -0.4 is 4.90 Å². The monoisotopic (exact) mass is 378 g/mol. The van der Waals surface area contributed by atoms with E-state index in [2.05, 4.69) is 10.1 Å². The first-order chi connectivity index (χ1) is 13.0. The number of ether oxygens (including phenoxy) is 1. The summed E-state index contributed by atoms with van der Waals surface area (Å²) < 4.78 is 47.8. The van der Waals surface area contributed by atoms with E-state index in [1.54, 1.807) is 24.4 Å². The lowest BCUT2D eigenvalue weighted by molar-refractivity contribution is -0.137. The highest BCUT2D eigenvalue weighted by Crippen LogP contribution is 2.38. The van der Waals surface area contributed by atoms with Crippen LogP contribution in [0.5, 0.6) is 0 Å². The van der Waals surface area contributed by atoms with Crippen molar-refractivity contribution in [1.82, 2.24) is 14.6 Å². The number of hydrogen-bond donors (Lipinski definition) is 1. The smallest absolute Gasteiger partial charge is 0.392 e. The number of alkyl halides is 3. The summed E-state index contributed by atoms with van der Waals surface area (Å²) in [6, 6.07) is 7.50. The van der Waals surface area contributed by atoms with Gasteiger partial charge in [-0.1, -0.05) is 6.07 Å². The van der Waals surface area contributed by atoms with Gasteiger partial charge in [-0.3, -0.25) is 0 Å². The van der Waals surface area contributed by atoms with E-state index < -0.39 is 11.7 Å². The van der Waals surface area contributed by atoms with Gasteiger partial charge in [0, 0.05) is 36.1 Å². The van der Waals surface area contributed by atoms with Gasteiger partial charge in [0.1, 0.15) is 0 Å². The van der Waals surface area contributed by atoms with Gasteiger partial charge in [-0.15, -0.1) is 5.10 Å². The molecular weight excluding hydrogens is 361 g/mol. The summed E-state index contributed by atoms with van der Waals surface area (Å²) in [4.78, 5) is 6.09. The maximum atomic E-state index is 13.7. The SMILES string of the molecule is OCc1cccn2nc(-c3ccc(N4CCOCC4)cc3C(F)(F)F)nc12. The topological polar surface area (TPSA) is 62.9 Å². The normalized spacial score (nSPS) is 15.5. The average molecular weight is 378 g/mol. The van der Waals surface area contributed by atoms with Gasteiger partial charge in [-0.2, -0.15) is 13.2 Å². The minimum Gasteiger partial charge on any atom is -0.392 e. The van der Waals surface area contributed by atoms with E-state index in [1.165, 1.54) is 10.6 Å². The maximum Gasteiger partial charge on any atom is 0.417 e. The second-order valence-corrected chi connectivity index (χ2v) is 6.22. The second-order valence-electron chi connectivity index (χ2n) is 6.22. The third-order valence-electron chi connectivity index (χ3n) is 4.54. The van der Waals surface area contributed by atoms with Gasteiger partial charge >= 0.3 is 6.18 Å². The number of aliphatic hydroxyl groups is 1. The first kappa shape index (κ1) is 17.7. The number of aliphatic hydroxyl groups excluding tert-OH is 1. The molecule has 0 amide bonds. The molecule has 1 aromatic carbocycles. The molecule has 1 fully saturated rings. The number of hydrogen-bond acceptors (Lipinski definition) is 5. The molecular formula is C18H17F3N4O2. The predicted octanol–water partition coefficient (Wildman–Crippen LogP) is 2.74. The van der Waals surface area contributed by atoms with Crippen molar-refractivity contribution in [2.24, 2.45) is 0 Å². The summed E-state index contributed by atoms with van der Waals surface area (Å²) in [5.41, 5.74) is 0.448. The molecule has 27 heavy (non-hydrogen) atoms. The van der Waals surface area contributed by atoms with E-state index in [0.717, 1.165) is 6.07 Å². The predicted molar refractivity (Wildman–Crippen MR) is 92.4 cm³/mol. The molecule has 2 aromatic heterocycles. The molecule has 0 unspecified atom stereocenters. The Bertz CT molecular complexity index is 965. The van der Waals surface area contributed by atoms with Crippen molar-refractivity contribution in [1.29, 1.82) is 0 Å². The fourth-order valence-corrected chi connectivity index (χ4v) is 3.18. The first-order valence-corrected chi connectivity index (χ1v) is 8.47. The minimum absolute atomic E-state index is 0.0308. The lowest BCUT2D eigenvalue weighted by Gasteiger charge is -2.29. The number of anilines is 1. The molecule has 1 saturated heterocycles. The third-order valence-corrected chi connectivity index (χ3v) is 4.54. The lowest BCUT2D eigenvalue weighted by atomic mass is 10.0. The standard InChI is InChI=1S/C18H17F3N4O2/c19-18(20,21)15-10-13(24-6-8-27-9-7-24)3-4-14(15)16-22-17-12(11-26)2-1-5-25(17)23-16/h1-5,10,26H,6-9,11H2. The van der Waals surface area contributed by atoms with Crippen LogP contribution in [0.2, 0.25) is 0 Å². The summed E-state index contributed by atoms with van der Waals surface area (Å²) in [5, 5.41) is 13.6. The van der Waals surface area contributed by atoms with Gasteiger partial charge in [-0.05, 0) is 24.3 Å². The van der Waals surface area contributed by atoms with Crippen molar-refractivity contribution < 1.29 is 23.0 Å². The van der Waals surface area contributed by atoms with E-state index >= 15 is 0 Å². The number of benzene rings is 1. The van der Waals surface area contributed by atoms with Crippen LogP contribution in [0.15, 0.2) is 36.5 Å². The summed E-state index contributed by atoms with van der Waals surface area (Å²) in [6.45, 7) is 1.79. The molecule has 0 bridgehead atoms. The molecule has 1 aliphatic rings. The average Bonchev–Trinajstić information content (AvgIpc) is 3.11. The lowest BCUT2D eigenvalue weighted by Crippen LogP contribution is -2.36. The molecule has 3 aromatic rings. The number of morpholine rings is 1. The molecule has 9 heteroatoms. The van der Waals surface area contributed by atoms with Crippen molar-refractivity contribution >= 4 is 11.3 Å². The Morgan fingerprint density at radius 1 is 1.15 bits per heavy atom. The van der Waals surface area contributed by atoms with Gasteiger partial charge < -0.3 is 14.7 Å². The number of rotatable bonds is 3. The first-order valence-electron chi connectivity index (χ1n) is 8.47. The molecule has 0 spiro atoms. The Balaban J connectivity index is 1.82. The Kier molecular flexibility index (Phi) is 4.48. The van der Waals surface area contributed by atoms with Crippen molar-refractivity contribution in [2.45, 2.75) is 12.8 Å². The van der Waals surface area contributed by atoms with Gasteiger partial charge in [0.2, 0.25) is 0 Å². The van der Waals surface area contributed by atoms with Gasteiger partial charge in [0.05, 0.1) is 25.4 Å². The van der Waals surface area contributed by atoms with Crippen LogP contribution in [0.4, 0.5) is 18.9 Å². The Morgan fingerprint density at radius 3 is 2.63 bits per heavy atom. The quantitative estimate of drug-likeness (QED) is 0.759. The molecule has 1 N–H and O–H groups in total. The highest BCUT2D eigenvalue weighted by Gasteiger charge is 2.35. The van der Waals surface area contributed by atoms with Crippen molar-refractivity contribution in [3.63, 3.8) is 0 Å². The number of fused-ring (bicyclic) bond motifs is 1. The highest BCUT2D eigenvalue weighted by molar-refractivity contribution is 5.68. The van der Waals surface area contributed by atoms with Crippen LogP contribution in [-0.4, -0.2) is 46.0 Å². The van der Waals surface area contributed by atoms with Gasteiger partial charge in [0.15, 0.2) is 11.5 Å². The Morgan fingerprint density at radius 2 is 1.93 bits per heavy atom. The van der Waals surface area contributed by atoms with Crippen molar-refractivity contribution in [3.8, 4) is 11.4 Å². The van der Waals surface area contributed by atoms with Crippen LogP contribution >= 0.6 is 0 Å². The molecule has 0 radical (unpaired) electrons. The van der Waals surface area contributed by atoms with E-state index in [4.69, 9.17) is 4.74 Å². The molecule has 0 atom stereocenters. The third kappa shape index (κ3) is 3.35. The number of nitrogens with zero attached hydrogens (tertiary/aromatic N) is 4. The molecule has 3 heterocycles. The second kappa shape index (κ2) is 6.82. The Hall–Kier alpha value is -2.65. The van der Waals surface area contributed by atoms with E-state index in [-0.39, 0.29) is 18.0 Å². The van der Waals surface area contributed by atoms with Crippen LogP contribution in [-0.2, 0) is 17.5 Å². The maximum absolute atomic E-state index is 13.7. The van der Waals surface area contributed by atoms with E-state index in [9.17, 15) is 18.3 Å². The van der Waals surface area contributed by atoms with Crippen LogP contribution in [0.25, 0.3) is 17.0 Å². The van der Waals surface area contributed by atoms with E-state index in [1.807, 2.05) is 4.90 Å². The zero-order chi connectivity index (χ0) is 19.0. The largest absolute Gasteiger partial charge is 0.417 e. The molecule has 142 valence electrons. The highest BCUT2D eigenvalue weighted by atomic mass is 19.4. The minimum atomic E-state index is -4.55. The summed E-state index contributed by atoms with van der Waals surface area (Å²) in [5.74, 6) is -0.0308. The summed E-state index contributed by atoms with van der Waals surface area (Å²) in [7, 11) is 0. The molecule has 6 nitrogen and oxygen atoms in total. The number of pyridine rings is 1. The van der Waals surface area contributed by atoms with Crippen molar-refractivity contribution in [2.75, 3.05) is 31.2 Å². The number of halogens is 3. The summed E-state index contributed by atoms with van der Waals surface area (Å²) >= 11 is 0. The van der Waals surface area contributed by atoms with Crippen LogP contribution in [0.3, 0.4) is 0 Å². The van der Waals surface area contributed by atoms with Gasteiger partial charge in [-0.25, -0.2) is 9.50 Å². The fourth-order valence-electron chi connectivity index (χ4n) is 3.18. The van der Waals surface area contributed by atoms with E-state index in [0.29, 0.717) is 43.2 Å². The zero-order valence-electron chi connectivity index (χ0n) is 14.3. The molecule has 0 saturated carbocycles. The molecule has 1 aliphatic heterocycles. The van der Waals surface area contributed by atoms with Crippen LogP contribution in [0, 0.1) is 0 Å². The van der Waals surface area contributed by atoms with Gasteiger partial charge in [0.25, 0.3) is 0 Å². The molecule has 0 aliphatic carbocycles. The Labute approximate surface area is 152 Å². The number of aromatic nitrogens is 3. The zero-order valence-corrected chi connectivity index (χ0v) is 14.3. The fraction of sp³-hybridized carbons (Fsp3) is 0.333. The van der Waals surface area contributed by atoms with Crippen LogP contribution in [0.1, 0.15) is 11.1 Å². The van der Waals surface area contributed by atoms with Crippen molar-refractivity contribution in [3.05, 3.63) is 47.7 Å².